The molecular weight excluding hydrogens is 406 g/mol. The molecule has 0 atom stereocenters. The van der Waals surface area contributed by atoms with E-state index >= 15 is 0 Å². The Bertz CT molecular complexity index is 113. The molecule has 0 aliphatic heterocycles. The van der Waals surface area contributed by atoms with Crippen LogP contribution < -0.4 is 24.0 Å². The predicted octanol–water partition coefficient (Wildman–Crippen LogP) is 0.901. The predicted molar refractivity (Wildman–Crippen MR) is 63.9 cm³/mol. The molecule has 0 nitrogen and oxygen atoms in total. The zero-order valence-electron chi connectivity index (χ0n) is 9.97. The fourth-order valence-electron chi connectivity index (χ4n) is 2.42. The third-order valence-corrected chi connectivity index (χ3v) is 24.5. The van der Waals surface area contributed by atoms with E-state index in [0.29, 0.717) is 0 Å². The first-order valence-electron chi connectivity index (χ1n) is 4.83. The van der Waals surface area contributed by atoms with E-state index in [-0.39, 0.29) is 44.4 Å². The van der Waals surface area contributed by atoms with Crippen molar-refractivity contribution in [1.82, 2.24) is 0 Å². The van der Waals surface area contributed by atoms with E-state index in [1.54, 1.807) is 0 Å². The van der Waals surface area contributed by atoms with Gasteiger partial charge >= 0.3 is 88.8 Å². The van der Waals surface area contributed by atoms with Gasteiger partial charge in [-0.3, -0.25) is 0 Å². The fourth-order valence-corrected chi connectivity index (χ4v) is 18.1. The van der Waals surface area contributed by atoms with Gasteiger partial charge in [0.15, 0.2) is 0 Å². The van der Waals surface area contributed by atoms with Crippen LogP contribution in [-0.4, -0.2) is 37.4 Å². The molecule has 0 aromatic rings. The minimum atomic E-state index is -0.563. The smallest absolute Gasteiger partial charge is 1.00 e. The summed E-state index contributed by atoms with van der Waals surface area (Å²) in [6.07, 6.45) is 0. The van der Waals surface area contributed by atoms with Gasteiger partial charge in [-0.1, -0.05) is 0 Å². The molecule has 82 valence electrons. The summed E-state index contributed by atoms with van der Waals surface area (Å²) in [6.45, 7) is 14.7. The Labute approximate surface area is 112 Å². The second-order valence-electron chi connectivity index (χ2n) is 4.23. The minimum Gasteiger partial charge on any atom is -1.00 e. The minimum absolute atomic E-state index is 0. The molecule has 0 spiro atoms. The average Bonchev–Trinajstić information content (AvgIpc) is 1.86. The van der Waals surface area contributed by atoms with Crippen LogP contribution in [0.5, 0.6) is 0 Å². The zero-order chi connectivity index (χ0) is 9.94. The normalized spacial score (nSPS) is 12.5. The largest absolute Gasteiger partial charge is 1.00 e. The van der Waals surface area contributed by atoms with Gasteiger partial charge in [-0.25, -0.2) is 0 Å². The maximum Gasteiger partial charge on any atom is -1.00 e. The van der Waals surface area contributed by atoms with Crippen LogP contribution in [0.25, 0.3) is 0 Å². The molecular formula is C10H24IPTe. The van der Waals surface area contributed by atoms with Crippen LogP contribution >= 0.6 is 4.95 Å². The third kappa shape index (κ3) is 3.78. The van der Waals surface area contributed by atoms with Crippen molar-refractivity contribution in [3.8, 4) is 0 Å². The van der Waals surface area contributed by atoms with Crippen molar-refractivity contribution >= 4 is 25.3 Å². The summed E-state index contributed by atoms with van der Waals surface area (Å²) >= 11 is 0.268. The average molecular weight is 430 g/mol. The summed E-state index contributed by atoms with van der Waals surface area (Å²) in [5.74, 6) is 0. The maximum absolute atomic E-state index is 2.51. The standard InChI is InChI=1S/C10H24PTe.HI/c1-8(2)11(12-7,9(3)4)10(5)6;/h8-10H,1-7H3;1H/q+1;/p-1. The van der Waals surface area contributed by atoms with Crippen molar-refractivity contribution in [1.29, 1.82) is 0 Å². The second-order valence-corrected chi connectivity index (χ2v) is 17.8. The van der Waals surface area contributed by atoms with Crippen LogP contribution in [0.3, 0.4) is 0 Å². The molecule has 0 aromatic carbocycles. The molecule has 0 N–H and O–H groups in total. The molecule has 0 aliphatic carbocycles. The topological polar surface area (TPSA) is 0 Å². The molecule has 0 saturated carbocycles. The van der Waals surface area contributed by atoms with Crippen molar-refractivity contribution in [2.75, 3.05) is 0 Å². The van der Waals surface area contributed by atoms with Gasteiger partial charge in [0.25, 0.3) is 0 Å². The van der Waals surface area contributed by atoms with E-state index in [9.17, 15) is 0 Å². The van der Waals surface area contributed by atoms with Gasteiger partial charge in [-0.15, -0.1) is 0 Å². The molecule has 0 aliphatic rings. The first kappa shape index (κ1) is 17.3. The van der Waals surface area contributed by atoms with Gasteiger partial charge in [0.2, 0.25) is 0 Å². The van der Waals surface area contributed by atoms with Crippen molar-refractivity contribution < 1.29 is 24.0 Å². The fraction of sp³-hybridized carbons (Fsp3) is 1.00. The van der Waals surface area contributed by atoms with E-state index in [2.05, 4.69) is 46.5 Å². The van der Waals surface area contributed by atoms with Crippen LogP contribution in [-0.2, 0) is 0 Å². The molecule has 0 fully saturated rings. The summed E-state index contributed by atoms with van der Waals surface area (Å²) in [5, 5.41) is 0. The number of hydrogen-bond donors (Lipinski definition) is 0. The van der Waals surface area contributed by atoms with E-state index in [1.165, 1.54) is 0 Å². The van der Waals surface area contributed by atoms with Gasteiger partial charge in [0.1, 0.15) is 0 Å². The van der Waals surface area contributed by atoms with Crippen LogP contribution in [0.4, 0.5) is 0 Å². The molecule has 0 aromatic heterocycles. The van der Waals surface area contributed by atoms with Crippen molar-refractivity contribution in [3.63, 3.8) is 0 Å². The Balaban J connectivity index is 0. The number of halogens is 1. The summed E-state index contributed by atoms with van der Waals surface area (Å²) in [4.78, 5) is 1.95. The van der Waals surface area contributed by atoms with Crippen molar-refractivity contribution in [2.24, 2.45) is 0 Å². The molecule has 0 rings (SSSR count). The maximum atomic E-state index is 2.51. The van der Waals surface area contributed by atoms with E-state index in [1.807, 2.05) is 0 Å². The molecule has 0 radical (unpaired) electrons. The second kappa shape index (κ2) is 7.26. The van der Waals surface area contributed by atoms with Gasteiger partial charge < -0.3 is 24.0 Å². The molecule has 0 bridgehead atoms. The molecule has 3 heteroatoms. The number of hydrogen-bond acceptors (Lipinski definition) is 0. The Morgan fingerprint density at radius 1 is 0.769 bits per heavy atom. The Morgan fingerprint density at radius 2 is 1.00 bits per heavy atom. The van der Waals surface area contributed by atoms with Crippen LogP contribution in [0.1, 0.15) is 41.5 Å². The van der Waals surface area contributed by atoms with Crippen molar-refractivity contribution in [2.45, 2.75) is 63.5 Å². The third-order valence-electron chi connectivity index (χ3n) is 2.74. The first-order valence-corrected chi connectivity index (χ1v) is 12.2. The van der Waals surface area contributed by atoms with Crippen LogP contribution in [0.2, 0.25) is 4.97 Å². The molecule has 13 heavy (non-hydrogen) atoms. The van der Waals surface area contributed by atoms with E-state index < -0.39 is 4.95 Å². The van der Waals surface area contributed by atoms with Gasteiger partial charge in [-0.05, 0) is 0 Å². The molecule has 0 saturated heterocycles. The summed E-state index contributed by atoms with van der Waals surface area (Å²) in [7, 11) is 0. The summed E-state index contributed by atoms with van der Waals surface area (Å²) in [5.41, 5.74) is 2.89. The first-order chi connectivity index (χ1) is 5.39. The molecule has 0 amide bonds. The molecule has 0 heterocycles. The van der Waals surface area contributed by atoms with E-state index in [0.717, 1.165) is 17.0 Å². The Morgan fingerprint density at radius 3 is 1.00 bits per heavy atom. The van der Waals surface area contributed by atoms with Crippen LogP contribution in [0.15, 0.2) is 0 Å². The Kier molecular flexibility index (Phi) is 9.69. The summed E-state index contributed by atoms with van der Waals surface area (Å²) < 4.78 is 0. The van der Waals surface area contributed by atoms with Gasteiger partial charge in [-0.2, -0.15) is 0 Å². The van der Waals surface area contributed by atoms with Crippen molar-refractivity contribution in [3.05, 3.63) is 0 Å². The zero-order valence-corrected chi connectivity index (χ0v) is 15.3. The van der Waals surface area contributed by atoms with E-state index in [4.69, 9.17) is 0 Å². The number of rotatable bonds is 4. The van der Waals surface area contributed by atoms with Gasteiger partial charge in [0, 0.05) is 0 Å². The monoisotopic (exact) mass is 432 g/mol. The SMILES string of the molecule is C[Te][P+](C(C)C)(C(C)C)C(C)C.[I-]. The van der Waals surface area contributed by atoms with Crippen LogP contribution in [0, 0.1) is 0 Å². The summed E-state index contributed by atoms with van der Waals surface area (Å²) in [6, 6.07) is 0. The Hall–Kier alpha value is 1.95. The molecule has 0 unspecified atom stereocenters. The quantitative estimate of drug-likeness (QED) is 0.354. The van der Waals surface area contributed by atoms with Gasteiger partial charge in [0.05, 0.1) is 0 Å².